The fraction of sp³-hybridized carbons (Fsp3) is 0.0556. The van der Waals surface area contributed by atoms with Gasteiger partial charge in [0.1, 0.15) is 5.82 Å². The quantitative estimate of drug-likeness (QED) is 0.730. The van der Waals surface area contributed by atoms with Crippen molar-refractivity contribution in [3.63, 3.8) is 0 Å². The van der Waals surface area contributed by atoms with E-state index in [1.165, 1.54) is 18.2 Å². The van der Waals surface area contributed by atoms with Gasteiger partial charge in [0.2, 0.25) is 5.89 Å². The fourth-order valence-corrected chi connectivity index (χ4v) is 2.04. The summed E-state index contributed by atoms with van der Waals surface area (Å²) in [5.41, 5.74) is 1.75. The van der Waals surface area contributed by atoms with Crippen molar-refractivity contribution in [3.05, 3.63) is 83.5 Å². The maximum atomic E-state index is 12.9. The molecule has 6 heteroatoms. The minimum Gasteiger partial charge on any atom is -0.407 e. The van der Waals surface area contributed by atoms with Crippen molar-refractivity contribution in [2.75, 3.05) is 5.32 Å². The predicted octanol–water partition coefficient (Wildman–Crippen LogP) is 3.45. The molecule has 0 saturated heterocycles. The third-order valence-electron chi connectivity index (χ3n) is 3.19. The van der Waals surface area contributed by atoms with Crippen LogP contribution in [-0.2, 0) is 11.2 Å². The molecular formula is C18H14FN3O2. The Morgan fingerprint density at radius 3 is 2.58 bits per heavy atom. The summed E-state index contributed by atoms with van der Waals surface area (Å²) in [5, 5.41) is 10.1. The Morgan fingerprint density at radius 1 is 1.08 bits per heavy atom. The molecule has 1 amide bonds. The molecule has 5 nitrogen and oxygen atoms in total. The van der Waals surface area contributed by atoms with Crippen molar-refractivity contribution < 1.29 is 13.6 Å². The smallest absolute Gasteiger partial charge is 0.322 e. The zero-order valence-electron chi connectivity index (χ0n) is 12.6. The van der Waals surface area contributed by atoms with Gasteiger partial charge in [-0.05, 0) is 29.3 Å². The van der Waals surface area contributed by atoms with Crippen LogP contribution in [0.15, 0.2) is 65.1 Å². The summed E-state index contributed by atoms with van der Waals surface area (Å²) >= 11 is 0. The molecule has 0 aliphatic rings. The number of hydrogen-bond acceptors (Lipinski definition) is 4. The van der Waals surface area contributed by atoms with Crippen LogP contribution in [0, 0.1) is 5.82 Å². The van der Waals surface area contributed by atoms with Crippen molar-refractivity contribution >= 4 is 18.0 Å². The van der Waals surface area contributed by atoms with E-state index in [-0.39, 0.29) is 17.7 Å². The number of halogens is 1. The molecule has 1 aromatic heterocycles. The average molecular weight is 323 g/mol. The van der Waals surface area contributed by atoms with E-state index in [0.29, 0.717) is 12.3 Å². The number of nitrogens with one attached hydrogen (secondary N) is 1. The maximum absolute atomic E-state index is 12.9. The van der Waals surface area contributed by atoms with Gasteiger partial charge in [0, 0.05) is 6.08 Å². The first kappa shape index (κ1) is 15.6. The summed E-state index contributed by atoms with van der Waals surface area (Å²) in [6.07, 6.45) is 3.44. The third-order valence-corrected chi connectivity index (χ3v) is 3.19. The standard InChI is InChI=1S/C18H14FN3O2/c19-15-9-6-14(7-10-15)12-17-21-22-18(24-17)20-16(23)11-8-13-4-2-1-3-5-13/h1-11H,12H2,(H,20,22,23). The van der Waals surface area contributed by atoms with Gasteiger partial charge in [-0.3, -0.25) is 10.1 Å². The van der Waals surface area contributed by atoms with Crippen LogP contribution in [0.3, 0.4) is 0 Å². The number of anilines is 1. The van der Waals surface area contributed by atoms with Gasteiger partial charge in [0.15, 0.2) is 0 Å². The fourth-order valence-electron chi connectivity index (χ4n) is 2.04. The van der Waals surface area contributed by atoms with Gasteiger partial charge < -0.3 is 4.42 Å². The average Bonchev–Trinajstić information content (AvgIpc) is 3.03. The van der Waals surface area contributed by atoms with Gasteiger partial charge in [-0.25, -0.2) is 4.39 Å². The molecule has 0 bridgehead atoms. The summed E-state index contributed by atoms with van der Waals surface area (Å²) < 4.78 is 18.2. The summed E-state index contributed by atoms with van der Waals surface area (Å²) in [5.74, 6) is -0.331. The van der Waals surface area contributed by atoms with Crippen molar-refractivity contribution in [2.45, 2.75) is 6.42 Å². The van der Waals surface area contributed by atoms with Crippen molar-refractivity contribution in [1.29, 1.82) is 0 Å². The molecular weight excluding hydrogens is 309 g/mol. The highest BCUT2D eigenvalue weighted by atomic mass is 19.1. The van der Waals surface area contributed by atoms with Crippen LogP contribution in [-0.4, -0.2) is 16.1 Å². The van der Waals surface area contributed by atoms with E-state index in [2.05, 4.69) is 15.5 Å². The molecule has 24 heavy (non-hydrogen) atoms. The Labute approximate surface area is 137 Å². The summed E-state index contributed by atoms with van der Waals surface area (Å²) in [7, 11) is 0. The SMILES string of the molecule is O=C(C=Cc1ccccc1)Nc1nnc(Cc2ccc(F)cc2)o1. The predicted molar refractivity (Wildman–Crippen MR) is 87.6 cm³/mol. The van der Waals surface area contributed by atoms with Gasteiger partial charge in [0.05, 0.1) is 6.42 Å². The number of aromatic nitrogens is 2. The minimum atomic E-state index is -0.365. The van der Waals surface area contributed by atoms with Crippen LogP contribution in [0.25, 0.3) is 6.08 Å². The minimum absolute atomic E-state index is 0.0230. The van der Waals surface area contributed by atoms with Crippen LogP contribution >= 0.6 is 0 Å². The third kappa shape index (κ3) is 4.36. The number of nitrogens with zero attached hydrogens (tertiary/aromatic N) is 2. The molecule has 0 fully saturated rings. The number of amides is 1. The molecule has 0 spiro atoms. The molecule has 0 aliphatic carbocycles. The second-order valence-electron chi connectivity index (χ2n) is 5.04. The topological polar surface area (TPSA) is 68.0 Å². The van der Waals surface area contributed by atoms with Crippen LogP contribution in [0.2, 0.25) is 0 Å². The molecule has 2 aromatic carbocycles. The first-order valence-electron chi connectivity index (χ1n) is 7.30. The monoisotopic (exact) mass is 323 g/mol. The van der Waals surface area contributed by atoms with E-state index >= 15 is 0 Å². The van der Waals surface area contributed by atoms with Crippen LogP contribution in [0.5, 0.6) is 0 Å². The second-order valence-corrected chi connectivity index (χ2v) is 5.04. The van der Waals surface area contributed by atoms with Gasteiger partial charge in [-0.2, -0.15) is 0 Å². The lowest BCUT2D eigenvalue weighted by Gasteiger charge is -1.97. The molecule has 0 saturated carbocycles. The Bertz CT molecular complexity index is 842. The van der Waals surface area contributed by atoms with E-state index in [9.17, 15) is 9.18 Å². The number of carbonyl (C=O) groups excluding carboxylic acids is 1. The molecule has 3 aromatic rings. The van der Waals surface area contributed by atoms with E-state index in [4.69, 9.17) is 4.42 Å². The van der Waals surface area contributed by atoms with E-state index in [0.717, 1.165) is 11.1 Å². The molecule has 120 valence electrons. The summed E-state index contributed by atoms with van der Waals surface area (Å²) in [6, 6.07) is 15.5. The summed E-state index contributed by atoms with van der Waals surface area (Å²) in [6.45, 7) is 0. The first-order chi connectivity index (χ1) is 11.7. The highest BCUT2D eigenvalue weighted by molar-refractivity contribution is 6.00. The lowest BCUT2D eigenvalue weighted by molar-refractivity contribution is -0.112. The number of hydrogen-bond donors (Lipinski definition) is 1. The van der Waals surface area contributed by atoms with E-state index in [1.54, 1.807) is 18.2 Å². The summed E-state index contributed by atoms with van der Waals surface area (Å²) in [4.78, 5) is 11.8. The number of carbonyl (C=O) groups is 1. The normalized spacial score (nSPS) is 10.9. The zero-order chi connectivity index (χ0) is 16.8. The van der Waals surface area contributed by atoms with Crippen LogP contribution in [0.4, 0.5) is 10.4 Å². The van der Waals surface area contributed by atoms with E-state index in [1.807, 2.05) is 30.3 Å². The largest absolute Gasteiger partial charge is 0.407 e. The number of rotatable bonds is 5. The van der Waals surface area contributed by atoms with Crippen LogP contribution in [0.1, 0.15) is 17.0 Å². The number of benzene rings is 2. The zero-order valence-corrected chi connectivity index (χ0v) is 12.6. The van der Waals surface area contributed by atoms with Gasteiger partial charge in [0.25, 0.3) is 5.91 Å². The first-order valence-corrected chi connectivity index (χ1v) is 7.30. The van der Waals surface area contributed by atoms with Crippen molar-refractivity contribution in [1.82, 2.24) is 10.2 Å². The molecule has 1 N–H and O–H groups in total. The maximum Gasteiger partial charge on any atom is 0.322 e. The highest BCUT2D eigenvalue weighted by Crippen LogP contribution is 2.12. The molecule has 0 atom stereocenters. The molecule has 0 unspecified atom stereocenters. The Balaban J connectivity index is 1.58. The molecule has 0 radical (unpaired) electrons. The van der Waals surface area contributed by atoms with Gasteiger partial charge >= 0.3 is 6.01 Å². The second kappa shape index (κ2) is 7.32. The lowest BCUT2D eigenvalue weighted by Crippen LogP contribution is -2.07. The van der Waals surface area contributed by atoms with E-state index < -0.39 is 0 Å². The lowest BCUT2D eigenvalue weighted by atomic mass is 10.1. The Morgan fingerprint density at radius 2 is 1.83 bits per heavy atom. The Hall–Kier alpha value is -3.28. The van der Waals surface area contributed by atoms with Crippen molar-refractivity contribution in [3.8, 4) is 0 Å². The van der Waals surface area contributed by atoms with Gasteiger partial charge in [-0.1, -0.05) is 47.6 Å². The van der Waals surface area contributed by atoms with Crippen molar-refractivity contribution in [2.24, 2.45) is 0 Å². The molecule has 1 heterocycles. The Kier molecular flexibility index (Phi) is 4.76. The molecule has 0 aliphatic heterocycles. The van der Waals surface area contributed by atoms with Crippen LogP contribution < -0.4 is 5.32 Å². The molecule has 3 rings (SSSR count). The highest BCUT2D eigenvalue weighted by Gasteiger charge is 2.09. The van der Waals surface area contributed by atoms with Gasteiger partial charge in [-0.15, -0.1) is 5.10 Å².